The van der Waals surface area contributed by atoms with E-state index >= 15 is 0 Å². The summed E-state index contributed by atoms with van der Waals surface area (Å²) in [6, 6.07) is 17.0. The van der Waals surface area contributed by atoms with Gasteiger partial charge in [-0.2, -0.15) is 0 Å². The van der Waals surface area contributed by atoms with E-state index in [1.165, 1.54) is 0 Å². The lowest BCUT2D eigenvalue weighted by atomic mass is 9.95. The van der Waals surface area contributed by atoms with Gasteiger partial charge in [0, 0.05) is 18.2 Å². The first-order valence-electron chi connectivity index (χ1n) is 14.7. The fourth-order valence-corrected chi connectivity index (χ4v) is 5.37. The zero-order valence-corrected chi connectivity index (χ0v) is 25.8. The number of primary amides is 1. The number of rotatable bonds is 10. The highest BCUT2D eigenvalue weighted by Gasteiger charge is 2.48. The molecule has 0 bridgehead atoms. The van der Waals surface area contributed by atoms with Crippen molar-refractivity contribution in [1.29, 1.82) is 0 Å². The molecule has 1 aliphatic carbocycles. The molecule has 43 heavy (non-hydrogen) atoms. The van der Waals surface area contributed by atoms with Crippen molar-refractivity contribution in [2.75, 3.05) is 5.32 Å². The highest BCUT2D eigenvalue weighted by atomic mass is 16.6. The number of anilines is 1. The average molecular weight is 587 g/mol. The number of hydrogen-bond donors (Lipinski definition) is 3. The number of carbonyl (C=O) groups is 4. The summed E-state index contributed by atoms with van der Waals surface area (Å²) in [4.78, 5) is 54.8. The summed E-state index contributed by atoms with van der Waals surface area (Å²) < 4.78 is 5.42. The van der Waals surface area contributed by atoms with Crippen LogP contribution in [0.3, 0.4) is 0 Å². The highest BCUT2D eigenvalue weighted by molar-refractivity contribution is 6.01. The zero-order valence-electron chi connectivity index (χ0n) is 25.8. The number of hydrogen-bond acceptors (Lipinski definition) is 5. The molecule has 0 spiro atoms. The molecule has 4 amide bonds. The molecular weight excluding hydrogens is 544 g/mol. The van der Waals surface area contributed by atoms with E-state index in [1.54, 1.807) is 25.7 Å². The molecule has 1 fully saturated rings. The molecule has 3 aromatic carbocycles. The third kappa shape index (κ3) is 8.12. The number of nitrogens with one attached hydrogen (secondary N) is 2. The number of carbonyl (C=O) groups excluding carboxylic acids is 4. The van der Waals surface area contributed by atoms with Gasteiger partial charge >= 0.3 is 6.09 Å². The van der Waals surface area contributed by atoms with Crippen LogP contribution in [-0.2, 0) is 19.1 Å². The van der Waals surface area contributed by atoms with Gasteiger partial charge in [0.15, 0.2) is 0 Å². The number of benzene rings is 3. The van der Waals surface area contributed by atoms with E-state index in [2.05, 4.69) is 10.6 Å². The zero-order chi connectivity index (χ0) is 31.5. The minimum Gasteiger partial charge on any atom is -0.444 e. The lowest BCUT2D eigenvalue weighted by molar-refractivity contribution is -0.142. The van der Waals surface area contributed by atoms with Gasteiger partial charge in [0.2, 0.25) is 11.8 Å². The average Bonchev–Trinajstić information content (AvgIpc) is 3.64. The Bertz CT molecular complexity index is 1530. The van der Waals surface area contributed by atoms with Gasteiger partial charge < -0.3 is 26.0 Å². The second-order valence-electron chi connectivity index (χ2n) is 12.5. The monoisotopic (exact) mass is 586 g/mol. The molecule has 9 nitrogen and oxygen atoms in total. The van der Waals surface area contributed by atoms with Crippen LogP contribution >= 0.6 is 0 Å². The van der Waals surface area contributed by atoms with Crippen molar-refractivity contribution in [2.24, 2.45) is 11.7 Å². The van der Waals surface area contributed by atoms with Crippen molar-refractivity contribution < 1.29 is 23.9 Å². The molecule has 1 saturated carbocycles. The molecule has 1 aliphatic rings. The van der Waals surface area contributed by atoms with E-state index in [0.29, 0.717) is 17.7 Å². The van der Waals surface area contributed by atoms with Gasteiger partial charge in [-0.25, -0.2) is 4.79 Å². The summed E-state index contributed by atoms with van der Waals surface area (Å²) in [6.45, 7) is 11.1. The fourth-order valence-electron chi connectivity index (χ4n) is 5.37. The smallest absolute Gasteiger partial charge is 0.408 e. The first kappa shape index (κ1) is 31.5. The Labute approximate surface area is 253 Å². The molecule has 228 valence electrons. The second kappa shape index (κ2) is 12.9. The van der Waals surface area contributed by atoms with Gasteiger partial charge in [-0.05, 0) is 87.4 Å². The Kier molecular flexibility index (Phi) is 9.43. The first-order valence-corrected chi connectivity index (χ1v) is 14.7. The summed E-state index contributed by atoms with van der Waals surface area (Å²) in [5.41, 5.74) is 7.80. The van der Waals surface area contributed by atoms with Crippen molar-refractivity contribution in [3.63, 3.8) is 0 Å². The first-order chi connectivity index (χ1) is 20.2. The van der Waals surface area contributed by atoms with Crippen LogP contribution in [0.1, 0.15) is 69.7 Å². The molecule has 0 aliphatic heterocycles. The number of aryl methyl sites for hydroxylation is 2. The number of nitrogens with two attached hydrogens (primary N) is 1. The van der Waals surface area contributed by atoms with Gasteiger partial charge in [0.1, 0.15) is 17.7 Å². The normalized spacial score (nSPS) is 17.4. The second-order valence-corrected chi connectivity index (χ2v) is 12.5. The largest absolute Gasteiger partial charge is 0.444 e. The highest BCUT2D eigenvalue weighted by Crippen LogP contribution is 2.42. The molecule has 0 heterocycles. The van der Waals surface area contributed by atoms with Crippen molar-refractivity contribution in [3.8, 4) is 0 Å². The van der Waals surface area contributed by atoms with Crippen LogP contribution < -0.4 is 16.4 Å². The van der Waals surface area contributed by atoms with Gasteiger partial charge in [-0.3, -0.25) is 14.4 Å². The van der Waals surface area contributed by atoms with E-state index in [9.17, 15) is 19.2 Å². The number of nitrogens with zero attached hydrogens (tertiary/aromatic N) is 1. The van der Waals surface area contributed by atoms with Gasteiger partial charge in [-0.1, -0.05) is 61.0 Å². The maximum Gasteiger partial charge on any atom is 0.408 e. The molecule has 9 heteroatoms. The molecular formula is C34H42N4O5. The number of amides is 4. The van der Waals surface area contributed by atoms with Gasteiger partial charge in [0.25, 0.3) is 5.91 Å². The maximum absolute atomic E-state index is 14.4. The Morgan fingerprint density at radius 1 is 1.00 bits per heavy atom. The standard InChI is InChI=1S/C34H42N4O5/c1-20-11-14-26(21(2)17-20)30(31(40)36-25-13-12-23-9-7-8-10-24(23)19-25)38(28-18-22(28)3)32(41)27(15-16-29(35)39)37-33(42)43-34(4,5)6/h7-14,17,19,22,27-28,30H,15-16,18H2,1-6H3,(H2,35,39)(H,36,40)(H,37,42). The summed E-state index contributed by atoms with van der Waals surface area (Å²) in [7, 11) is 0. The molecule has 4 atom stereocenters. The molecule has 3 aromatic rings. The Balaban J connectivity index is 1.75. The molecule has 4 unspecified atom stereocenters. The van der Waals surface area contributed by atoms with E-state index in [-0.39, 0.29) is 30.7 Å². The fraction of sp³-hybridized carbons (Fsp3) is 0.412. The van der Waals surface area contributed by atoms with Crippen molar-refractivity contribution in [3.05, 3.63) is 77.4 Å². The van der Waals surface area contributed by atoms with Crippen LogP contribution in [0.2, 0.25) is 0 Å². The summed E-state index contributed by atoms with van der Waals surface area (Å²) in [6.07, 6.45) is -0.247. The number of alkyl carbamates (subject to hydrolysis) is 1. The summed E-state index contributed by atoms with van der Waals surface area (Å²) >= 11 is 0. The van der Waals surface area contributed by atoms with Crippen LogP contribution in [0.4, 0.5) is 10.5 Å². The van der Waals surface area contributed by atoms with Gasteiger partial charge in [-0.15, -0.1) is 0 Å². The number of ether oxygens (including phenoxy) is 1. The van der Waals surface area contributed by atoms with Crippen molar-refractivity contribution >= 4 is 40.3 Å². The van der Waals surface area contributed by atoms with Crippen LogP contribution in [0.15, 0.2) is 60.7 Å². The van der Waals surface area contributed by atoms with E-state index in [4.69, 9.17) is 10.5 Å². The SMILES string of the molecule is Cc1ccc(C(C(=O)Nc2ccc3ccccc3c2)N(C(=O)C(CCC(N)=O)NC(=O)OC(C)(C)C)C2CC2C)c(C)c1. The summed E-state index contributed by atoms with van der Waals surface area (Å²) in [5.74, 6) is -1.31. The van der Waals surface area contributed by atoms with Crippen molar-refractivity contribution in [1.82, 2.24) is 10.2 Å². The lowest BCUT2D eigenvalue weighted by Gasteiger charge is -2.35. The third-order valence-corrected chi connectivity index (χ3v) is 7.61. The van der Waals surface area contributed by atoms with E-state index in [1.807, 2.05) is 81.4 Å². The minimum atomic E-state index is -1.13. The van der Waals surface area contributed by atoms with Crippen LogP contribution in [-0.4, -0.2) is 46.4 Å². The maximum atomic E-state index is 14.4. The van der Waals surface area contributed by atoms with Crippen LogP contribution in [0, 0.1) is 19.8 Å². The Morgan fingerprint density at radius 3 is 2.28 bits per heavy atom. The summed E-state index contributed by atoms with van der Waals surface area (Å²) in [5, 5.41) is 7.72. The van der Waals surface area contributed by atoms with E-state index < -0.39 is 35.6 Å². The molecule has 4 rings (SSSR count). The molecule has 4 N–H and O–H groups in total. The Morgan fingerprint density at radius 2 is 1.67 bits per heavy atom. The van der Waals surface area contributed by atoms with Crippen molar-refractivity contribution in [2.45, 2.75) is 84.5 Å². The quantitative estimate of drug-likeness (QED) is 0.287. The molecule has 0 radical (unpaired) electrons. The van der Waals surface area contributed by atoms with E-state index in [0.717, 1.165) is 21.9 Å². The topological polar surface area (TPSA) is 131 Å². The predicted molar refractivity (Wildman–Crippen MR) is 167 cm³/mol. The predicted octanol–water partition coefficient (Wildman–Crippen LogP) is 5.53. The molecule has 0 saturated heterocycles. The Hall–Kier alpha value is -4.40. The van der Waals surface area contributed by atoms with Gasteiger partial charge in [0.05, 0.1) is 0 Å². The molecule has 0 aromatic heterocycles. The lowest BCUT2D eigenvalue weighted by Crippen LogP contribution is -2.53. The van der Waals surface area contributed by atoms with Crippen LogP contribution in [0.5, 0.6) is 0 Å². The third-order valence-electron chi connectivity index (χ3n) is 7.61. The minimum absolute atomic E-state index is 0.0308. The van der Waals surface area contributed by atoms with Crippen LogP contribution in [0.25, 0.3) is 10.8 Å². The number of fused-ring (bicyclic) bond motifs is 1.